The number of amides is 2. The number of nitrogens with two attached hydrogens (primary N) is 1. The van der Waals surface area contributed by atoms with Crippen molar-refractivity contribution >= 4 is 11.8 Å². The van der Waals surface area contributed by atoms with Gasteiger partial charge in [-0.2, -0.15) is 0 Å². The molecule has 0 saturated carbocycles. The molecule has 0 radical (unpaired) electrons. The smallest absolute Gasteiger partial charge is 0.236 e. The zero-order valence-electron chi connectivity index (χ0n) is 14.1. The Kier molecular flexibility index (Phi) is 5.16. The topological polar surface area (TPSA) is 75.9 Å². The van der Waals surface area contributed by atoms with E-state index in [0.717, 1.165) is 17.5 Å². The van der Waals surface area contributed by atoms with Crippen molar-refractivity contribution in [3.05, 3.63) is 35.4 Å². The molecular weight excluding hydrogens is 306 g/mol. The second-order valence-corrected chi connectivity index (χ2v) is 6.54. The standard InChI is InChI=1S/C18H25N3O3/c1-2-15-11-20(7-8-24-15)17(22)12-21-10-14-6-4-3-5-13(14)9-16(21)18(19)23/h3-6,15-16H,2,7-12H2,1H3,(H2,19,23)/t15?,16-/m1/s1. The fraction of sp³-hybridized carbons (Fsp3) is 0.556. The minimum absolute atomic E-state index is 0.0439. The lowest BCUT2D eigenvalue weighted by Crippen LogP contribution is -2.54. The zero-order chi connectivity index (χ0) is 17.1. The highest BCUT2D eigenvalue weighted by molar-refractivity contribution is 5.83. The van der Waals surface area contributed by atoms with Crippen LogP contribution in [0.5, 0.6) is 0 Å². The minimum Gasteiger partial charge on any atom is -0.375 e. The summed E-state index contributed by atoms with van der Waals surface area (Å²) in [5.74, 6) is -0.326. The lowest BCUT2D eigenvalue weighted by molar-refractivity contribution is -0.141. The molecule has 24 heavy (non-hydrogen) atoms. The Labute approximate surface area is 142 Å². The van der Waals surface area contributed by atoms with Crippen molar-refractivity contribution in [2.75, 3.05) is 26.2 Å². The van der Waals surface area contributed by atoms with Crippen molar-refractivity contribution in [3.63, 3.8) is 0 Å². The third kappa shape index (κ3) is 3.60. The SMILES string of the molecule is CCC1CN(C(=O)CN2Cc3ccccc3C[C@@H]2C(N)=O)CCO1. The number of morpholine rings is 1. The summed E-state index contributed by atoms with van der Waals surface area (Å²) in [6.45, 7) is 4.67. The molecule has 2 aliphatic rings. The summed E-state index contributed by atoms with van der Waals surface area (Å²) in [5.41, 5.74) is 7.89. The molecule has 1 aromatic rings. The van der Waals surface area contributed by atoms with Gasteiger partial charge in [-0.05, 0) is 24.0 Å². The summed E-state index contributed by atoms with van der Waals surface area (Å²) in [5, 5.41) is 0. The van der Waals surface area contributed by atoms with Crippen LogP contribution < -0.4 is 5.73 Å². The van der Waals surface area contributed by atoms with Crippen molar-refractivity contribution in [1.82, 2.24) is 9.80 Å². The Bertz CT molecular complexity index is 619. The van der Waals surface area contributed by atoms with Crippen LogP contribution in [0.25, 0.3) is 0 Å². The Morgan fingerprint density at radius 1 is 1.29 bits per heavy atom. The number of ether oxygens (including phenoxy) is 1. The highest BCUT2D eigenvalue weighted by Gasteiger charge is 2.33. The molecule has 1 unspecified atom stereocenters. The summed E-state index contributed by atoms with van der Waals surface area (Å²) in [7, 11) is 0. The highest BCUT2D eigenvalue weighted by Crippen LogP contribution is 2.23. The number of hydrogen-bond donors (Lipinski definition) is 1. The first-order chi connectivity index (χ1) is 11.6. The van der Waals surface area contributed by atoms with E-state index in [-0.39, 0.29) is 24.5 Å². The number of benzene rings is 1. The highest BCUT2D eigenvalue weighted by atomic mass is 16.5. The van der Waals surface area contributed by atoms with Crippen LogP contribution in [0.1, 0.15) is 24.5 Å². The van der Waals surface area contributed by atoms with Gasteiger partial charge >= 0.3 is 0 Å². The molecule has 2 atom stereocenters. The molecule has 0 aromatic heterocycles. The van der Waals surface area contributed by atoms with Gasteiger partial charge in [0, 0.05) is 19.6 Å². The molecule has 1 aromatic carbocycles. The van der Waals surface area contributed by atoms with E-state index in [1.807, 2.05) is 34.1 Å². The molecule has 2 heterocycles. The summed E-state index contributed by atoms with van der Waals surface area (Å²) in [4.78, 5) is 28.3. The first-order valence-corrected chi connectivity index (χ1v) is 8.58. The van der Waals surface area contributed by atoms with Gasteiger partial charge in [0.05, 0.1) is 25.3 Å². The second kappa shape index (κ2) is 7.32. The van der Waals surface area contributed by atoms with Gasteiger partial charge in [-0.25, -0.2) is 0 Å². The maximum absolute atomic E-state index is 12.7. The Morgan fingerprint density at radius 2 is 2.04 bits per heavy atom. The van der Waals surface area contributed by atoms with Gasteiger partial charge in [0.25, 0.3) is 0 Å². The zero-order valence-corrected chi connectivity index (χ0v) is 14.1. The Balaban J connectivity index is 1.70. The summed E-state index contributed by atoms with van der Waals surface area (Å²) in [6, 6.07) is 7.60. The van der Waals surface area contributed by atoms with Crippen LogP contribution >= 0.6 is 0 Å². The van der Waals surface area contributed by atoms with Crippen molar-refractivity contribution in [2.24, 2.45) is 5.73 Å². The number of hydrogen-bond acceptors (Lipinski definition) is 4. The maximum atomic E-state index is 12.7. The van der Waals surface area contributed by atoms with Crippen LogP contribution in [-0.4, -0.2) is 60.0 Å². The average molecular weight is 331 g/mol. The van der Waals surface area contributed by atoms with Crippen molar-refractivity contribution in [2.45, 2.75) is 38.5 Å². The van der Waals surface area contributed by atoms with E-state index in [9.17, 15) is 9.59 Å². The maximum Gasteiger partial charge on any atom is 0.236 e. The predicted molar refractivity (Wildman–Crippen MR) is 90.1 cm³/mol. The van der Waals surface area contributed by atoms with Gasteiger partial charge in [-0.1, -0.05) is 31.2 Å². The molecule has 6 nitrogen and oxygen atoms in total. The quantitative estimate of drug-likeness (QED) is 0.873. The van der Waals surface area contributed by atoms with E-state index in [0.29, 0.717) is 32.7 Å². The number of nitrogens with zero attached hydrogens (tertiary/aromatic N) is 2. The first kappa shape index (κ1) is 16.9. The fourth-order valence-corrected chi connectivity index (χ4v) is 3.49. The van der Waals surface area contributed by atoms with E-state index < -0.39 is 6.04 Å². The Morgan fingerprint density at radius 3 is 2.75 bits per heavy atom. The van der Waals surface area contributed by atoms with E-state index in [1.165, 1.54) is 0 Å². The molecule has 2 aliphatic heterocycles. The first-order valence-electron chi connectivity index (χ1n) is 8.58. The molecule has 1 saturated heterocycles. The number of carbonyl (C=O) groups is 2. The number of fused-ring (bicyclic) bond motifs is 1. The summed E-state index contributed by atoms with van der Waals surface area (Å²) >= 11 is 0. The van der Waals surface area contributed by atoms with Crippen LogP contribution in [0.3, 0.4) is 0 Å². The summed E-state index contributed by atoms with van der Waals surface area (Å²) < 4.78 is 5.62. The largest absolute Gasteiger partial charge is 0.375 e. The monoisotopic (exact) mass is 331 g/mol. The van der Waals surface area contributed by atoms with E-state index >= 15 is 0 Å². The average Bonchev–Trinajstić information content (AvgIpc) is 2.61. The molecule has 130 valence electrons. The second-order valence-electron chi connectivity index (χ2n) is 6.54. The molecule has 0 bridgehead atoms. The van der Waals surface area contributed by atoms with Gasteiger partial charge in [0.1, 0.15) is 0 Å². The van der Waals surface area contributed by atoms with Gasteiger partial charge in [-0.15, -0.1) is 0 Å². The molecule has 0 aliphatic carbocycles. The van der Waals surface area contributed by atoms with E-state index in [4.69, 9.17) is 10.5 Å². The molecular formula is C18H25N3O3. The number of rotatable bonds is 4. The van der Waals surface area contributed by atoms with Crippen LogP contribution in [0.4, 0.5) is 0 Å². The van der Waals surface area contributed by atoms with E-state index in [2.05, 4.69) is 6.92 Å². The number of carbonyl (C=O) groups excluding carboxylic acids is 2. The van der Waals surface area contributed by atoms with Gasteiger partial charge < -0.3 is 15.4 Å². The Hall–Kier alpha value is -1.92. The molecule has 0 spiro atoms. The normalized spacial score (nSPS) is 24.5. The molecule has 3 rings (SSSR count). The van der Waals surface area contributed by atoms with E-state index in [1.54, 1.807) is 0 Å². The van der Waals surface area contributed by atoms with Gasteiger partial charge in [0.15, 0.2) is 0 Å². The van der Waals surface area contributed by atoms with Gasteiger partial charge in [0.2, 0.25) is 11.8 Å². The van der Waals surface area contributed by atoms with Crippen LogP contribution in [0.2, 0.25) is 0 Å². The lowest BCUT2D eigenvalue weighted by Gasteiger charge is -2.37. The third-order valence-corrected chi connectivity index (χ3v) is 4.96. The molecule has 1 fully saturated rings. The molecule has 2 amide bonds. The van der Waals surface area contributed by atoms with Crippen LogP contribution in [0, 0.1) is 0 Å². The van der Waals surface area contributed by atoms with Crippen molar-refractivity contribution in [3.8, 4) is 0 Å². The van der Waals surface area contributed by atoms with Gasteiger partial charge in [-0.3, -0.25) is 14.5 Å². The summed E-state index contributed by atoms with van der Waals surface area (Å²) in [6.07, 6.45) is 1.57. The molecule has 2 N–H and O–H groups in total. The number of primary amides is 1. The van der Waals surface area contributed by atoms with Crippen LogP contribution in [0.15, 0.2) is 24.3 Å². The van der Waals surface area contributed by atoms with Crippen molar-refractivity contribution in [1.29, 1.82) is 0 Å². The molecule has 6 heteroatoms. The van der Waals surface area contributed by atoms with Crippen molar-refractivity contribution < 1.29 is 14.3 Å². The fourth-order valence-electron chi connectivity index (χ4n) is 3.49. The third-order valence-electron chi connectivity index (χ3n) is 4.96. The lowest BCUT2D eigenvalue weighted by atomic mass is 9.93. The minimum atomic E-state index is -0.424. The predicted octanol–water partition coefficient (Wildman–Crippen LogP) is 0.536. The van der Waals surface area contributed by atoms with Crippen LogP contribution in [-0.2, 0) is 27.3 Å².